The Bertz CT molecular complexity index is 703. The van der Waals surface area contributed by atoms with E-state index in [2.05, 4.69) is 62.1 Å². The highest BCUT2D eigenvalue weighted by molar-refractivity contribution is 5.30. The third kappa shape index (κ3) is 8.69. The third-order valence-corrected chi connectivity index (χ3v) is 7.69. The Balaban J connectivity index is 1.33. The smallest absolute Gasteiger partial charge is 0.119 e. The maximum absolute atomic E-state index is 5.80. The molecule has 2 fully saturated rings. The van der Waals surface area contributed by atoms with Crippen LogP contribution in [0.15, 0.2) is 36.4 Å². The first kappa shape index (κ1) is 25.0. The van der Waals surface area contributed by atoms with Gasteiger partial charge in [-0.3, -0.25) is 0 Å². The second-order valence-electron chi connectivity index (χ2n) is 10.2. The van der Waals surface area contributed by atoms with Gasteiger partial charge in [0.15, 0.2) is 0 Å². The zero-order chi connectivity index (χ0) is 22.4. The summed E-state index contributed by atoms with van der Waals surface area (Å²) in [5.74, 6) is 11.0. The average Bonchev–Trinajstić information content (AvgIpc) is 2.84. The van der Waals surface area contributed by atoms with Crippen molar-refractivity contribution in [2.75, 3.05) is 6.61 Å². The van der Waals surface area contributed by atoms with Crippen LogP contribution >= 0.6 is 0 Å². The van der Waals surface area contributed by atoms with Crippen LogP contribution in [-0.2, 0) is 0 Å². The summed E-state index contributed by atoms with van der Waals surface area (Å²) in [5.41, 5.74) is 1.48. The van der Waals surface area contributed by atoms with Crippen molar-refractivity contribution in [2.45, 2.75) is 110 Å². The Labute approximate surface area is 198 Å². The van der Waals surface area contributed by atoms with Crippen LogP contribution < -0.4 is 4.74 Å². The summed E-state index contributed by atoms with van der Waals surface area (Å²) in [5, 5.41) is 0. The van der Waals surface area contributed by atoms with E-state index < -0.39 is 0 Å². The topological polar surface area (TPSA) is 9.23 Å². The van der Waals surface area contributed by atoms with Gasteiger partial charge in [0.25, 0.3) is 0 Å². The molecule has 32 heavy (non-hydrogen) atoms. The fraction of sp³-hybridized carbons (Fsp3) is 0.677. The van der Waals surface area contributed by atoms with Gasteiger partial charge in [-0.05, 0) is 99.3 Å². The van der Waals surface area contributed by atoms with Crippen molar-refractivity contribution in [1.82, 2.24) is 0 Å². The lowest BCUT2D eigenvalue weighted by atomic mass is 9.79. The molecule has 176 valence electrons. The largest absolute Gasteiger partial charge is 0.494 e. The molecule has 0 aliphatic heterocycles. The molecular formula is C31H46O. The van der Waals surface area contributed by atoms with E-state index in [0.717, 1.165) is 30.6 Å². The lowest BCUT2D eigenvalue weighted by Crippen LogP contribution is -2.13. The number of benzene rings is 1. The molecule has 1 heteroatoms. The first-order chi connectivity index (χ1) is 15.8. The summed E-state index contributed by atoms with van der Waals surface area (Å²) >= 11 is 0. The second kappa shape index (κ2) is 14.5. The van der Waals surface area contributed by atoms with Crippen molar-refractivity contribution >= 4 is 0 Å². The minimum atomic E-state index is 0.585. The lowest BCUT2D eigenvalue weighted by molar-refractivity contribution is 0.289. The van der Waals surface area contributed by atoms with E-state index in [4.69, 9.17) is 4.74 Å². The maximum atomic E-state index is 5.80. The van der Waals surface area contributed by atoms with Gasteiger partial charge in [-0.25, -0.2) is 0 Å². The van der Waals surface area contributed by atoms with E-state index in [1.165, 1.54) is 89.0 Å². The van der Waals surface area contributed by atoms with Gasteiger partial charge < -0.3 is 4.74 Å². The summed E-state index contributed by atoms with van der Waals surface area (Å²) in [6, 6.07) is 8.86. The number of hydrogen-bond acceptors (Lipinski definition) is 1. The predicted molar refractivity (Wildman–Crippen MR) is 138 cm³/mol. The van der Waals surface area contributed by atoms with Gasteiger partial charge in [0.05, 0.1) is 6.61 Å². The molecule has 2 saturated carbocycles. The molecule has 0 radical (unpaired) electrons. The molecule has 0 N–H and O–H groups in total. The predicted octanol–water partition coefficient (Wildman–Crippen LogP) is 9.09. The standard InChI is InChI=1S/C31H46O/c1-3-5-7-10-26-13-15-27(16-14-26)11-8-9-12-28-17-19-29(20-18-28)30-21-23-31(24-22-30)32-25-6-4-2/h8,11,21-24,26-29H,3-7,10,13-20,25H2,1-2H3/t26-,27-,28-,29-. The van der Waals surface area contributed by atoms with Crippen LogP contribution in [0.2, 0.25) is 0 Å². The van der Waals surface area contributed by atoms with E-state index in [1.807, 2.05) is 0 Å². The van der Waals surface area contributed by atoms with Crippen molar-refractivity contribution in [3.05, 3.63) is 42.0 Å². The highest BCUT2D eigenvalue weighted by Crippen LogP contribution is 2.36. The first-order valence-corrected chi connectivity index (χ1v) is 13.7. The van der Waals surface area contributed by atoms with Crippen LogP contribution in [0.5, 0.6) is 5.75 Å². The van der Waals surface area contributed by atoms with Crippen LogP contribution in [0.4, 0.5) is 0 Å². The Kier molecular flexibility index (Phi) is 11.3. The molecule has 2 aliphatic rings. The van der Waals surface area contributed by atoms with E-state index in [1.54, 1.807) is 0 Å². The molecular weight excluding hydrogens is 388 g/mol. The summed E-state index contributed by atoms with van der Waals surface area (Å²) in [6.45, 7) is 5.33. The monoisotopic (exact) mass is 434 g/mol. The molecule has 0 saturated heterocycles. The maximum Gasteiger partial charge on any atom is 0.119 e. The van der Waals surface area contributed by atoms with Gasteiger partial charge in [0, 0.05) is 5.92 Å². The number of allylic oxidation sites excluding steroid dienone is 2. The van der Waals surface area contributed by atoms with Gasteiger partial charge in [0.2, 0.25) is 0 Å². The van der Waals surface area contributed by atoms with Gasteiger partial charge in [-0.15, -0.1) is 0 Å². The fourth-order valence-electron chi connectivity index (χ4n) is 5.44. The quantitative estimate of drug-likeness (QED) is 0.263. The molecule has 0 unspecified atom stereocenters. The van der Waals surface area contributed by atoms with E-state index in [-0.39, 0.29) is 0 Å². The number of hydrogen-bond donors (Lipinski definition) is 0. The molecule has 3 rings (SSSR count). The molecule has 0 heterocycles. The van der Waals surface area contributed by atoms with Crippen molar-refractivity contribution in [1.29, 1.82) is 0 Å². The molecule has 0 bridgehead atoms. The van der Waals surface area contributed by atoms with Crippen LogP contribution in [-0.4, -0.2) is 6.61 Å². The Morgan fingerprint density at radius 2 is 1.56 bits per heavy atom. The summed E-state index contributed by atoms with van der Waals surface area (Å²) < 4.78 is 5.80. The van der Waals surface area contributed by atoms with Crippen molar-refractivity contribution in [2.24, 2.45) is 17.8 Å². The van der Waals surface area contributed by atoms with Crippen LogP contribution in [0.3, 0.4) is 0 Å². The first-order valence-electron chi connectivity index (χ1n) is 13.7. The molecule has 0 spiro atoms. The zero-order valence-electron chi connectivity index (χ0n) is 20.8. The third-order valence-electron chi connectivity index (χ3n) is 7.69. The van der Waals surface area contributed by atoms with E-state index in [0.29, 0.717) is 11.8 Å². The Hall–Kier alpha value is -1.68. The summed E-state index contributed by atoms with van der Waals surface area (Å²) in [4.78, 5) is 0. The minimum absolute atomic E-state index is 0.585. The van der Waals surface area contributed by atoms with Crippen LogP contribution in [0, 0.1) is 29.6 Å². The molecule has 1 aromatic carbocycles. The molecule has 1 nitrogen and oxygen atoms in total. The second-order valence-corrected chi connectivity index (χ2v) is 10.2. The number of rotatable bonds is 10. The van der Waals surface area contributed by atoms with Gasteiger partial charge in [-0.2, -0.15) is 0 Å². The molecule has 0 atom stereocenters. The number of unbranched alkanes of at least 4 members (excludes halogenated alkanes) is 3. The molecule has 0 aromatic heterocycles. The average molecular weight is 435 g/mol. The van der Waals surface area contributed by atoms with Gasteiger partial charge in [-0.1, -0.05) is 76.0 Å². The number of ether oxygens (including phenoxy) is 1. The molecule has 0 amide bonds. The summed E-state index contributed by atoms with van der Waals surface area (Å²) in [6.07, 6.45) is 23.2. The van der Waals surface area contributed by atoms with Crippen molar-refractivity contribution in [3.8, 4) is 17.6 Å². The normalized spacial score (nSPS) is 25.9. The zero-order valence-corrected chi connectivity index (χ0v) is 20.8. The Morgan fingerprint density at radius 3 is 2.25 bits per heavy atom. The van der Waals surface area contributed by atoms with Crippen LogP contribution in [0.1, 0.15) is 115 Å². The van der Waals surface area contributed by atoms with Gasteiger partial charge >= 0.3 is 0 Å². The molecule has 2 aliphatic carbocycles. The van der Waals surface area contributed by atoms with E-state index >= 15 is 0 Å². The van der Waals surface area contributed by atoms with Crippen LogP contribution in [0.25, 0.3) is 0 Å². The van der Waals surface area contributed by atoms with Crippen molar-refractivity contribution in [3.63, 3.8) is 0 Å². The highest BCUT2D eigenvalue weighted by Gasteiger charge is 2.21. The fourth-order valence-corrected chi connectivity index (χ4v) is 5.44. The van der Waals surface area contributed by atoms with Gasteiger partial charge in [0.1, 0.15) is 5.75 Å². The van der Waals surface area contributed by atoms with E-state index in [9.17, 15) is 0 Å². The minimum Gasteiger partial charge on any atom is -0.494 e. The highest BCUT2D eigenvalue weighted by atomic mass is 16.5. The summed E-state index contributed by atoms with van der Waals surface area (Å²) in [7, 11) is 0. The lowest BCUT2D eigenvalue weighted by Gasteiger charge is -2.26. The Morgan fingerprint density at radius 1 is 0.844 bits per heavy atom. The van der Waals surface area contributed by atoms with Crippen molar-refractivity contribution < 1.29 is 4.74 Å². The SMILES string of the molecule is CCCCC[C@H]1CC[C@H](C=CC#C[C@H]2CC[C@H](c3ccc(OCCCC)cc3)CC2)CC1. The molecule has 1 aromatic rings.